The number of amides is 1. The third-order valence-corrected chi connectivity index (χ3v) is 6.01. The van der Waals surface area contributed by atoms with Crippen LogP contribution in [0.5, 0.6) is 11.5 Å². The summed E-state index contributed by atoms with van der Waals surface area (Å²) in [6.07, 6.45) is -0.00141. The Morgan fingerprint density at radius 1 is 1.19 bits per heavy atom. The van der Waals surface area contributed by atoms with Crippen molar-refractivity contribution in [3.05, 3.63) is 53.1 Å². The Kier molecular flexibility index (Phi) is 5.88. The summed E-state index contributed by atoms with van der Waals surface area (Å²) in [5.41, 5.74) is 0.865. The second-order valence-electron chi connectivity index (χ2n) is 5.98. The molecule has 0 saturated carbocycles. The molecule has 2 aromatic carbocycles. The van der Waals surface area contributed by atoms with Gasteiger partial charge in [0.2, 0.25) is 22.7 Å². The average molecular weight is 411 g/mol. The predicted molar refractivity (Wildman–Crippen MR) is 100 cm³/mol. The zero-order valence-electron chi connectivity index (χ0n) is 14.6. The van der Waals surface area contributed by atoms with Crippen molar-refractivity contribution in [1.29, 1.82) is 0 Å². The lowest BCUT2D eigenvalue weighted by Gasteiger charge is -2.15. The van der Waals surface area contributed by atoms with Crippen LogP contribution in [0.15, 0.2) is 47.4 Å². The van der Waals surface area contributed by atoms with E-state index in [-0.39, 0.29) is 41.6 Å². The number of nitrogens with one attached hydrogen (secondary N) is 2. The molecule has 7 nitrogen and oxygen atoms in total. The van der Waals surface area contributed by atoms with Gasteiger partial charge in [-0.25, -0.2) is 13.1 Å². The normalized spacial score (nSPS) is 14.0. The van der Waals surface area contributed by atoms with Gasteiger partial charge >= 0.3 is 0 Å². The molecule has 1 aliphatic rings. The molecule has 0 aliphatic carbocycles. The summed E-state index contributed by atoms with van der Waals surface area (Å²) in [6.45, 7) is 1.99. The number of sulfonamides is 1. The maximum atomic E-state index is 12.2. The molecule has 1 heterocycles. The molecule has 2 N–H and O–H groups in total. The molecule has 3 rings (SSSR count). The molecule has 1 aliphatic heterocycles. The van der Waals surface area contributed by atoms with Crippen LogP contribution in [0.25, 0.3) is 0 Å². The van der Waals surface area contributed by atoms with Gasteiger partial charge in [-0.15, -0.1) is 0 Å². The zero-order valence-corrected chi connectivity index (χ0v) is 16.1. The van der Waals surface area contributed by atoms with Gasteiger partial charge in [-0.1, -0.05) is 29.8 Å². The molecule has 0 spiro atoms. The van der Waals surface area contributed by atoms with E-state index in [1.165, 1.54) is 12.1 Å². The fraction of sp³-hybridized carbons (Fsp3) is 0.278. The molecule has 144 valence electrons. The molecule has 0 radical (unpaired) electrons. The fourth-order valence-electron chi connectivity index (χ4n) is 2.62. The van der Waals surface area contributed by atoms with Crippen molar-refractivity contribution in [3.63, 3.8) is 0 Å². The Labute approximate surface area is 162 Å². The molecule has 1 atom stereocenters. The third kappa shape index (κ3) is 4.71. The first-order valence-corrected chi connectivity index (χ1v) is 10.2. The minimum absolute atomic E-state index is 0.00141. The predicted octanol–water partition coefficient (Wildman–Crippen LogP) is 2.61. The smallest absolute Gasteiger partial charge is 0.242 e. The molecule has 0 bridgehead atoms. The van der Waals surface area contributed by atoms with Gasteiger partial charge < -0.3 is 14.8 Å². The Morgan fingerprint density at radius 2 is 1.93 bits per heavy atom. The van der Waals surface area contributed by atoms with Gasteiger partial charge in [0, 0.05) is 13.0 Å². The maximum absolute atomic E-state index is 12.2. The second kappa shape index (κ2) is 8.16. The van der Waals surface area contributed by atoms with Crippen molar-refractivity contribution in [3.8, 4) is 11.5 Å². The number of benzene rings is 2. The topological polar surface area (TPSA) is 93.7 Å². The van der Waals surface area contributed by atoms with Crippen LogP contribution >= 0.6 is 11.6 Å². The number of rotatable bonds is 7. The molecule has 9 heteroatoms. The molecule has 0 fully saturated rings. The lowest BCUT2D eigenvalue weighted by molar-refractivity contribution is -0.121. The van der Waals surface area contributed by atoms with Crippen LogP contribution in [0.2, 0.25) is 5.02 Å². The highest BCUT2D eigenvalue weighted by atomic mass is 35.5. The minimum atomic E-state index is -3.77. The lowest BCUT2D eigenvalue weighted by atomic mass is 10.1. The number of ether oxygens (including phenoxy) is 2. The van der Waals surface area contributed by atoms with E-state index in [1.54, 1.807) is 18.2 Å². The first kappa shape index (κ1) is 19.5. The van der Waals surface area contributed by atoms with Crippen molar-refractivity contribution in [2.75, 3.05) is 13.3 Å². The van der Waals surface area contributed by atoms with Crippen molar-refractivity contribution in [2.24, 2.45) is 0 Å². The quantitative estimate of drug-likeness (QED) is 0.731. The maximum Gasteiger partial charge on any atom is 0.242 e. The van der Waals surface area contributed by atoms with Gasteiger partial charge in [-0.3, -0.25) is 4.79 Å². The van der Waals surface area contributed by atoms with Crippen LogP contribution in [-0.2, 0) is 14.8 Å². The van der Waals surface area contributed by atoms with E-state index in [4.69, 9.17) is 21.1 Å². The van der Waals surface area contributed by atoms with Gasteiger partial charge in [-0.05, 0) is 36.8 Å². The number of carbonyl (C=O) groups is 1. The molecule has 2 aromatic rings. The van der Waals surface area contributed by atoms with Crippen LogP contribution < -0.4 is 19.5 Å². The van der Waals surface area contributed by atoms with Crippen LogP contribution in [-0.4, -0.2) is 27.7 Å². The van der Waals surface area contributed by atoms with Crippen LogP contribution in [0.3, 0.4) is 0 Å². The van der Waals surface area contributed by atoms with Gasteiger partial charge in [0.1, 0.15) is 4.90 Å². The summed E-state index contributed by atoms with van der Waals surface area (Å²) in [5.74, 6) is 1.04. The standard InChI is InChI=1S/C18H19ClN2O5S/c1-12(13-6-7-15-16(10-13)26-11-25-15)21-18(22)8-9-20-27(23,24)17-5-3-2-4-14(17)19/h2-7,10,12,20H,8-9,11H2,1H3,(H,21,22)/t12-/m0/s1. The highest BCUT2D eigenvalue weighted by Gasteiger charge is 2.19. The first-order chi connectivity index (χ1) is 12.9. The summed E-state index contributed by atoms with van der Waals surface area (Å²) in [4.78, 5) is 12.1. The summed E-state index contributed by atoms with van der Waals surface area (Å²) >= 11 is 5.91. The van der Waals surface area contributed by atoms with Gasteiger partial charge in [0.15, 0.2) is 11.5 Å². The van der Waals surface area contributed by atoms with Crippen LogP contribution in [0, 0.1) is 0 Å². The Balaban J connectivity index is 1.52. The average Bonchev–Trinajstić information content (AvgIpc) is 3.09. The number of hydrogen-bond donors (Lipinski definition) is 2. The molecule has 0 unspecified atom stereocenters. The van der Waals surface area contributed by atoms with E-state index in [2.05, 4.69) is 10.0 Å². The number of hydrogen-bond acceptors (Lipinski definition) is 5. The third-order valence-electron chi connectivity index (χ3n) is 4.04. The SMILES string of the molecule is C[C@H](NC(=O)CCNS(=O)(=O)c1ccccc1Cl)c1ccc2c(c1)OCO2. The minimum Gasteiger partial charge on any atom is -0.454 e. The lowest BCUT2D eigenvalue weighted by Crippen LogP contribution is -2.32. The van der Waals surface area contributed by atoms with Gasteiger partial charge in [-0.2, -0.15) is 0 Å². The molecule has 1 amide bonds. The van der Waals surface area contributed by atoms with Crippen molar-refractivity contribution >= 4 is 27.5 Å². The van der Waals surface area contributed by atoms with Crippen molar-refractivity contribution in [1.82, 2.24) is 10.0 Å². The van der Waals surface area contributed by atoms with Gasteiger partial charge in [0.25, 0.3) is 0 Å². The van der Waals surface area contributed by atoms with Crippen LogP contribution in [0.4, 0.5) is 0 Å². The van der Waals surface area contributed by atoms with E-state index in [1.807, 2.05) is 19.1 Å². The van der Waals surface area contributed by atoms with E-state index in [9.17, 15) is 13.2 Å². The van der Waals surface area contributed by atoms with E-state index in [0.717, 1.165) is 5.56 Å². The van der Waals surface area contributed by atoms with Crippen molar-refractivity contribution < 1.29 is 22.7 Å². The molecule has 0 saturated heterocycles. The highest BCUT2D eigenvalue weighted by molar-refractivity contribution is 7.89. The molecular formula is C18H19ClN2O5S. The number of fused-ring (bicyclic) bond motifs is 1. The fourth-order valence-corrected chi connectivity index (χ4v) is 4.17. The summed E-state index contributed by atoms with van der Waals surface area (Å²) in [6, 6.07) is 11.3. The van der Waals surface area contributed by atoms with E-state index < -0.39 is 10.0 Å². The molecule has 27 heavy (non-hydrogen) atoms. The molecular weight excluding hydrogens is 392 g/mol. The second-order valence-corrected chi connectivity index (χ2v) is 8.12. The summed E-state index contributed by atoms with van der Waals surface area (Å²) in [5, 5.41) is 2.96. The Hall–Kier alpha value is -2.29. The van der Waals surface area contributed by atoms with Crippen LogP contribution in [0.1, 0.15) is 24.9 Å². The Morgan fingerprint density at radius 3 is 2.70 bits per heavy atom. The largest absolute Gasteiger partial charge is 0.454 e. The number of halogens is 1. The zero-order chi connectivity index (χ0) is 19.4. The number of carbonyl (C=O) groups excluding carboxylic acids is 1. The monoisotopic (exact) mass is 410 g/mol. The summed E-state index contributed by atoms with van der Waals surface area (Å²) in [7, 11) is -3.77. The molecule has 0 aromatic heterocycles. The highest BCUT2D eigenvalue weighted by Crippen LogP contribution is 2.34. The Bertz CT molecular complexity index is 949. The van der Waals surface area contributed by atoms with E-state index in [0.29, 0.717) is 11.5 Å². The summed E-state index contributed by atoms with van der Waals surface area (Å²) < 4.78 is 37.4. The van der Waals surface area contributed by atoms with Gasteiger partial charge in [0.05, 0.1) is 11.1 Å². The van der Waals surface area contributed by atoms with E-state index >= 15 is 0 Å². The first-order valence-electron chi connectivity index (χ1n) is 8.30. The van der Waals surface area contributed by atoms with Crippen molar-refractivity contribution in [2.45, 2.75) is 24.3 Å².